The number of ether oxygens (including phenoxy) is 3. The van der Waals surface area contributed by atoms with Crippen molar-refractivity contribution in [1.29, 1.82) is 0 Å². The Morgan fingerprint density at radius 1 is 0.833 bits per heavy atom. The van der Waals surface area contributed by atoms with Crippen LogP contribution in [0.1, 0.15) is 27.0 Å². The maximum absolute atomic E-state index is 12.8. The zero-order valence-corrected chi connectivity index (χ0v) is 18.6. The highest BCUT2D eigenvalue weighted by Crippen LogP contribution is 2.47. The molecular formula is C26H22O10. The molecule has 1 saturated heterocycles. The van der Waals surface area contributed by atoms with Crippen LogP contribution in [0.15, 0.2) is 72.8 Å². The van der Waals surface area contributed by atoms with Gasteiger partial charge in [-0.15, -0.1) is 0 Å². The Labute approximate surface area is 204 Å². The Hall–Kier alpha value is -3.96. The number of cyclic esters (lactones) is 1. The van der Waals surface area contributed by atoms with Gasteiger partial charge in [-0.25, -0.2) is 9.59 Å². The van der Waals surface area contributed by atoms with Crippen LogP contribution in [-0.2, 0) is 19.9 Å². The molecule has 0 bridgehead atoms. The Kier molecular flexibility index (Phi) is 5.89. The lowest BCUT2D eigenvalue weighted by Crippen LogP contribution is -2.61. The highest BCUT2D eigenvalue weighted by atomic mass is 16.7. The number of phenolic OH excluding ortho intramolecular Hbond substituents is 1. The van der Waals surface area contributed by atoms with E-state index in [0.29, 0.717) is 22.3 Å². The summed E-state index contributed by atoms with van der Waals surface area (Å²) in [6, 6.07) is 19.5. The molecule has 2 aliphatic rings. The minimum Gasteiger partial charge on any atom is -0.508 e. The van der Waals surface area contributed by atoms with Crippen molar-refractivity contribution < 1.29 is 49.3 Å². The minimum atomic E-state index is -1.83. The van der Waals surface area contributed by atoms with E-state index in [-0.39, 0.29) is 11.5 Å². The SMILES string of the molecule is O=C1O[C@@](c2ccc(O)cc2)(c2ccc(O[C@H]3O[C@@H](C(=O)O)[C@@H](O)[C@@H](O)[C@H]3O)cc2)c2ccccc21. The van der Waals surface area contributed by atoms with Crippen LogP contribution in [-0.4, -0.2) is 68.2 Å². The molecule has 6 atom stereocenters. The molecule has 5 rings (SSSR count). The lowest BCUT2D eigenvalue weighted by Gasteiger charge is -2.38. The van der Waals surface area contributed by atoms with E-state index >= 15 is 0 Å². The molecule has 36 heavy (non-hydrogen) atoms. The van der Waals surface area contributed by atoms with Crippen LogP contribution in [0.2, 0.25) is 0 Å². The van der Waals surface area contributed by atoms with Gasteiger partial charge in [-0.3, -0.25) is 0 Å². The zero-order chi connectivity index (χ0) is 25.6. The number of aliphatic hydroxyl groups is 3. The number of carboxylic acid groups (broad SMARTS) is 1. The highest BCUT2D eigenvalue weighted by molar-refractivity contribution is 5.96. The maximum atomic E-state index is 12.8. The summed E-state index contributed by atoms with van der Waals surface area (Å²) in [5, 5.41) is 49.1. The molecule has 0 spiro atoms. The van der Waals surface area contributed by atoms with Gasteiger partial charge in [0, 0.05) is 16.7 Å². The van der Waals surface area contributed by atoms with Crippen LogP contribution in [0.3, 0.4) is 0 Å². The fourth-order valence-electron chi connectivity index (χ4n) is 4.56. The van der Waals surface area contributed by atoms with Crippen LogP contribution < -0.4 is 4.74 Å². The second-order valence-corrected chi connectivity index (χ2v) is 8.54. The first kappa shape index (κ1) is 23.8. The normalized spacial score (nSPS) is 29.3. The molecular weight excluding hydrogens is 472 g/mol. The molecule has 2 aliphatic heterocycles. The molecule has 3 aromatic rings. The molecule has 10 heteroatoms. The Morgan fingerprint density at radius 3 is 2.08 bits per heavy atom. The summed E-state index contributed by atoms with van der Waals surface area (Å²) in [5.74, 6) is -1.82. The van der Waals surface area contributed by atoms with Crippen LogP contribution >= 0.6 is 0 Å². The third-order valence-electron chi connectivity index (χ3n) is 6.37. The van der Waals surface area contributed by atoms with Crippen molar-refractivity contribution >= 4 is 11.9 Å². The van der Waals surface area contributed by atoms with E-state index in [9.17, 15) is 35.1 Å². The third kappa shape index (κ3) is 3.76. The summed E-state index contributed by atoms with van der Waals surface area (Å²) in [5.41, 5.74) is 0.858. The van der Waals surface area contributed by atoms with Crippen LogP contribution in [0, 0.1) is 0 Å². The maximum Gasteiger partial charge on any atom is 0.340 e. The predicted octanol–water partition coefficient (Wildman–Crippen LogP) is 1.13. The van der Waals surface area contributed by atoms with Crippen molar-refractivity contribution in [3.63, 3.8) is 0 Å². The molecule has 0 saturated carbocycles. The molecule has 2 heterocycles. The zero-order valence-electron chi connectivity index (χ0n) is 18.6. The number of esters is 1. The van der Waals surface area contributed by atoms with Crippen molar-refractivity contribution in [3.8, 4) is 11.5 Å². The number of rotatable bonds is 5. The van der Waals surface area contributed by atoms with Crippen LogP contribution in [0.25, 0.3) is 0 Å². The van der Waals surface area contributed by atoms with Crippen LogP contribution in [0.4, 0.5) is 0 Å². The molecule has 5 N–H and O–H groups in total. The lowest BCUT2D eigenvalue weighted by atomic mass is 9.80. The number of aliphatic carboxylic acids is 1. The average Bonchev–Trinajstić information content (AvgIpc) is 3.18. The van der Waals surface area contributed by atoms with Crippen molar-refractivity contribution in [2.24, 2.45) is 0 Å². The molecule has 3 aromatic carbocycles. The van der Waals surface area contributed by atoms with Crippen LogP contribution in [0.5, 0.6) is 11.5 Å². The molecule has 1 fully saturated rings. The number of benzene rings is 3. The third-order valence-corrected chi connectivity index (χ3v) is 6.37. The number of phenols is 1. The molecule has 0 aromatic heterocycles. The molecule has 0 unspecified atom stereocenters. The summed E-state index contributed by atoms with van der Waals surface area (Å²) < 4.78 is 16.7. The van der Waals surface area contributed by atoms with E-state index in [1.807, 2.05) is 0 Å². The fraction of sp³-hybridized carbons (Fsp3) is 0.231. The quantitative estimate of drug-likeness (QED) is 0.325. The average molecular weight is 494 g/mol. The van der Waals surface area contributed by atoms with Gasteiger partial charge in [-0.05, 0) is 30.3 Å². The van der Waals surface area contributed by atoms with E-state index in [4.69, 9.17) is 14.2 Å². The Balaban J connectivity index is 1.50. The predicted molar refractivity (Wildman–Crippen MR) is 121 cm³/mol. The number of carbonyl (C=O) groups is 2. The van der Waals surface area contributed by atoms with Gasteiger partial charge in [0.25, 0.3) is 0 Å². The molecule has 0 aliphatic carbocycles. The van der Waals surface area contributed by atoms with Gasteiger partial charge >= 0.3 is 11.9 Å². The number of fused-ring (bicyclic) bond motifs is 1. The van der Waals surface area contributed by atoms with E-state index in [1.54, 1.807) is 48.5 Å². The van der Waals surface area contributed by atoms with Gasteiger partial charge in [0.1, 0.15) is 29.8 Å². The van der Waals surface area contributed by atoms with Gasteiger partial charge < -0.3 is 39.7 Å². The van der Waals surface area contributed by atoms with Gasteiger partial charge in [-0.1, -0.05) is 42.5 Å². The summed E-state index contributed by atoms with van der Waals surface area (Å²) >= 11 is 0. The lowest BCUT2D eigenvalue weighted by molar-refractivity contribution is -0.271. The summed E-state index contributed by atoms with van der Waals surface area (Å²) in [7, 11) is 0. The molecule has 0 radical (unpaired) electrons. The number of aromatic hydroxyl groups is 1. The number of hydrogen-bond donors (Lipinski definition) is 5. The Bertz CT molecular complexity index is 1290. The van der Waals surface area contributed by atoms with Crippen molar-refractivity contribution in [2.75, 3.05) is 0 Å². The Morgan fingerprint density at radius 2 is 1.44 bits per heavy atom. The smallest absolute Gasteiger partial charge is 0.340 e. The second kappa shape index (κ2) is 8.92. The molecule has 10 nitrogen and oxygen atoms in total. The van der Waals surface area contributed by atoms with E-state index in [1.165, 1.54) is 24.3 Å². The summed E-state index contributed by atoms with van der Waals surface area (Å²) in [6.07, 6.45) is -8.69. The first-order valence-corrected chi connectivity index (χ1v) is 11.0. The fourth-order valence-corrected chi connectivity index (χ4v) is 4.56. The van der Waals surface area contributed by atoms with Gasteiger partial charge in [0.05, 0.1) is 5.56 Å². The van der Waals surface area contributed by atoms with Gasteiger partial charge in [0.15, 0.2) is 11.7 Å². The summed E-state index contributed by atoms with van der Waals surface area (Å²) in [6.45, 7) is 0. The van der Waals surface area contributed by atoms with Crippen molar-refractivity contribution in [3.05, 3.63) is 95.1 Å². The van der Waals surface area contributed by atoms with Gasteiger partial charge in [-0.2, -0.15) is 0 Å². The molecule has 186 valence electrons. The minimum absolute atomic E-state index is 0.0493. The van der Waals surface area contributed by atoms with Crippen molar-refractivity contribution in [1.82, 2.24) is 0 Å². The monoisotopic (exact) mass is 494 g/mol. The number of carboxylic acids is 1. The van der Waals surface area contributed by atoms with E-state index in [2.05, 4.69) is 0 Å². The number of carbonyl (C=O) groups excluding carboxylic acids is 1. The topological polar surface area (TPSA) is 163 Å². The number of hydrogen-bond acceptors (Lipinski definition) is 9. The largest absolute Gasteiger partial charge is 0.508 e. The summed E-state index contributed by atoms with van der Waals surface area (Å²) in [4.78, 5) is 24.1. The van der Waals surface area contributed by atoms with Crippen molar-refractivity contribution in [2.45, 2.75) is 36.3 Å². The first-order chi connectivity index (χ1) is 17.2. The van der Waals surface area contributed by atoms with Gasteiger partial charge in [0.2, 0.25) is 6.29 Å². The molecule has 0 amide bonds. The standard InChI is InChI=1S/C26H22O10/c27-15-9-5-13(6-10-15)26(18-4-2-1-3-17(18)24(33)36-26)14-7-11-16(12-8-14)34-25-21(30)19(28)20(29)22(35-25)23(31)32/h1-12,19-22,25,27-30H,(H,31,32)/t19-,20+,21-,22-,25+,26+/m1/s1. The van der Waals surface area contributed by atoms with E-state index < -0.39 is 48.2 Å². The highest BCUT2D eigenvalue weighted by Gasteiger charge is 2.49. The second-order valence-electron chi connectivity index (χ2n) is 8.54. The number of aliphatic hydroxyl groups excluding tert-OH is 3. The van der Waals surface area contributed by atoms with E-state index in [0.717, 1.165) is 0 Å². The first-order valence-electron chi connectivity index (χ1n) is 11.0.